The zero-order valence-corrected chi connectivity index (χ0v) is 21.7. The Morgan fingerprint density at radius 3 is 2.06 bits per heavy atom. The Balaban J connectivity index is 0.00000408. The van der Waals surface area contributed by atoms with Gasteiger partial charge in [-0.3, -0.25) is 0 Å². The van der Waals surface area contributed by atoms with Gasteiger partial charge in [-0.25, -0.2) is 0 Å². The van der Waals surface area contributed by atoms with Gasteiger partial charge in [-0.1, -0.05) is 56.0 Å². The van der Waals surface area contributed by atoms with Crippen molar-refractivity contribution in [1.82, 2.24) is 4.90 Å². The molecule has 3 aromatic rings. The standard InChI is InChI=1S/C26H30Cl2F3NO.ClH/c1-3-5-10-32(11-6-4-2)12-9-25(33)23-16-22-21(14-18(27)15-24(22)28)20-13-17(26(29,30)31)7-8-19(20)23;/h7-8,13-16,25,33H,3-6,9-12H2,1-2H3;1H/t25-;/m1./s1. The van der Waals surface area contributed by atoms with Crippen LogP contribution in [0, 0.1) is 0 Å². The molecular weight excluding hydrogens is 506 g/mol. The van der Waals surface area contributed by atoms with Crippen molar-refractivity contribution in [3.05, 3.63) is 57.6 Å². The van der Waals surface area contributed by atoms with Crippen molar-refractivity contribution >= 4 is 57.2 Å². The fraction of sp³-hybridized carbons (Fsp3) is 0.462. The average molecular weight is 537 g/mol. The summed E-state index contributed by atoms with van der Waals surface area (Å²) in [5.41, 5.74) is -0.161. The van der Waals surface area contributed by atoms with Gasteiger partial charge < -0.3 is 10.0 Å². The van der Waals surface area contributed by atoms with Crippen LogP contribution in [0.5, 0.6) is 0 Å². The third kappa shape index (κ3) is 6.92. The van der Waals surface area contributed by atoms with Gasteiger partial charge in [0.15, 0.2) is 0 Å². The minimum Gasteiger partial charge on any atom is -0.388 e. The van der Waals surface area contributed by atoms with Gasteiger partial charge in [0, 0.05) is 22.0 Å². The predicted octanol–water partition coefficient (Wildman–Crippen LogP) is 9.07. The van der Waals surface area contributed by atoms with E-state index in [1.165, 1.54) is 6.07 Å². The van der Waals surface area contributed by atoms with Gasteiger partial charge in [0.25, 0.3) is 0 Å². The zero-order chi connectivity index (χ0) is 24.2. The number of unbranched alkanes of at least 4 members (excludes halogenated alkanes) is 2. The lowest BCUT2D eigenvalue weighted by Crippen LogP contribution is -2.28. The maximum absolute atomic E-state index is 13.4. The molecule has 1 N–H and O–H groups in total. The zero-order valence-electron chi connectivity index (χ0n) is 19.4. The first-order valence-electron chi connectivity index (χ1n) is 11.5. The van der Waals surface area contributed by atoms with Crippen molar-refractivity contribution in [2.75, 3.05) is 19.6 Å². The lowest BCUT2D eigenvalue weighted by molar-refractivity contribution is -0.137. The fourth-order valence-electron chi connectivity index (χ4n) is 4.22. The molecule has 0 saturated heterocycles. The molecule has 8 heteroatoms. The Kier molecular flexibility index (Phi) is 10.8. The van der Waals surface area contributed by atoms with Crippen LogP contribution < -0.4 is 0 Å². The minimum absolute atomic E-state index is 0. The number of hydrogen-bond donors (Lipinski definition) is 1. The van der Waals surface area contributed by atoms with Crippen molar-refractivity contribution in [3.8, 4) is 0 Å². The molecule has 0 unspecified atom stereocenters. The fourth-order valence-corrected chi connectivity index (χ4v) is 4.77. The molecule has 0 radical (unpaired) electrons. The molecule has 3 rings (SSSR count). The van der Waals surface area contributed by atoms with E-state index in [-0.39, 0.29) is 12.4 Å². The largest absolute Gasteiger partial charge is 0.416 e. The molecule has 2 nitrogen and oxygen atoms in total. The highest BCUT2D eigenvalue weighted by molar-refractivity contribution is 6.39. The van der Waals surface area contributed by atoms with E-state index in [9.17, 15) is 18.3 Å². The number of alkyl halides is 3. The second kappa shape index (κ2) is 12.6. The first kappa shape index (κ1) is 29.0. The van der Waals surface area contributed by atoms with Gasteiger partial charge in [0.1, 0.15) is 0 Å². The van der Waals surface area contributed by atoms with E-state index in [1.807, 2.05) is 0 Å². The maximum atomic E-state index is 13.4. The van der Waals surface area contributed by atoms with Crippen molar-refractivity contribution < 1.29 is 18.3 Å². The monoisotopic (exact) mass is 535 g/mol. The second-order valence-electron chi connectivity index (χ2n) is 8.56. The topological polar surface area (TPSA) is 23.5 Å². The smallest absolute Gasteiger partial charge is 0.388 e. The summed E-state index contributed by atoms with van der Waals surface area (Å²) < 4.78 is 40.3. The van der Waals surface area contributed by atoms with Crippen molar-refractivity contribution in [2.24, 2.45) is 0 Å². The molecule has 0 heterocycles. The first-order valence-corrected chi connectivity index (χ1v) is 12.2. The first-order chi connectivity index (χ1) is 15.7. The molecular formula is C26H31Cl3F3NO. The van der Waals surface area contributed by atoms with Gasteiger partial charge in [-0.05, 0) is 84.4 Å². The van der Waals surface area contributed by atoms with Crippen molar-refractivity contribution in [1.29, 1.82) is 0 Å². The van der Waals surface area contributed by atoms with Crippen LogP contribution in [0.2, 0.25) is 10.0 Å². The van der Waals surface area contributed by atoms with Crippen molar-refractivity contribution in [2.45, 2.75) is 58.2 Å². The van der Waals surface area contributed by atoms with Crippen molar-refractivity contribution in [3.63, 3.8) is 0 Å². The number of hydrogen-bond acceptors (Lipinski definition) is 2. The van der Waals surface area contributed by atoms with E-state index in [2.05, 4.69) is 18.7 Å². The Bertz CT molecular complexity index is 1100. The third-order valence-electron chi connectivity index (χ3n) is 6.08. The summed E-state index contributed by atoms with van der Waals surface area (Å²) in [5, 5.41) is 13.9. The molecule has 0 aliphatic carbocycles. The molecule has 0 fully saturated rings. The highest BCUT2D eigenvalue weighted by Crippen LogP contribution is 2.40. The summed E-state index contributed by atoms with van der Waals surface area (Å²) >= 11 is 12.6. The van der Waals surface area contributed by atoms with Crippen LogP contribution in [0.15, 0.2) is 36.4 Å². The molecule has 0 aromatic heterocycles. The normalized spacial score (nSPS) is 13.0. The van der Waals surface area contributed by atoms with Crippen LogP contribution in [0.4, 0.5) is 13.2 Å². The molecule has 34 heavy (non-hydrogen) atoms. The third-order valence-corrected chi connectivity index (χ3v) is 6.61. The van der Waals surface area contributed by atoms with Crippen LogP contribution in [0.3, 0.4) is 0 Å². The summed E-state index contributed by atoms with van der Waals surface area (Å²) in [6, 6.07) is 8.60. The van der Waals surface area contributed by atoms with Crippen LogP contribution in [0.1, 0.15) is 63.2 Å². The van der Waals surface area contributed by atoms with E-state index < -0.39 is 17.8 Å². The van der Waals surface area contributed by atoms with Crippen LogP contribution in [-0.2, 0) is 6.18 Å². The average Bonchev–Trinajstić information content (AvgIpc) is 2.77. The Morgan fingerprint density at radius 2 is 1.47 bits per heavy atom. The molecule has 0 bridgehead atoms. The van der Waals surface area contributed by atoms with E-state index in [1.54, 1.807) is 18.2 Å². The molecule has 0 aliphatic rings. The summed E-state index contributed by atoms with van der Waals surface area (Å²) in [6.07, 6.45) is -0.431. The number of nitrogens with zero attached hydrogens (tertiary/aromatic N) is 1. The highest BCUT2D eigenvalue weighted by atomic mass is 35.5. The van der Waals surface area contributed by atoms with Crippen LogP contribution >= 0.6 is 35.6 Å². The van der Waals surface area contributed by atoms with Gasteiger partial charge in [0.05, 0.1) is 11.7 Å². The number of benzene rings is 3. The number of aliphatic hydroxyl groups excluding tert-OH is 1. The molecule has 188 valence electrons. The quantitative estimate of drug-likeness (QED) is 0.261. The van der Waals surface area contributed by atoms with Crippen LogP contribution in [0.25, 0.3) is 21.5 Å². The lowest BCUT2D eigenvalue weighted by Gasteiger charge is -2.24. The molecule has 0 amide bonds. The highest BCUT2D eigenvalue weighted by Gasteiger charge is 2.31. The summed E-state index contributed by atoms with van der Waals surface area (Å²) in [7, 11) is 0. The Labute approximate surface area is 215 Å². The van der Waals surface area contributed by atoms with E-state index in [0.717, 1.165) is 57.5 Å². The second-order valence-corrected chi connectivity index (χ2v) is 9.40. The van der Waals surface area contributed by atoms with E-state index >= 15 is 0 Å². The number of halogens is 6. The molecule has 0 spiro atoms. The van der Waals surface area contributed by atoms with Gasteiger partial charge >= 0.3 is 6.18 Å². The number of aliphatic hydroxyl groups is 1. The Morgan fingerprint density at radius 1 is 0.853 bits per heavy atom. The number of fused-ring (bicyclic) bond motifs is 3. The van der Waals surface area contributed by atoms with E-state index in [0.29, 0.717) is 43.6 Å². The van der Waals surface area contributed by atoms with Gasteiger partial charge in [-0.15, -0.1) is 12.4 Å². The minimum atomic E-state index is -4.48. The number of rotatable bonds is 10. The SMILES string of the molecule is CCCCN(CCCC)CC[C@@H](O)c1cc2c(Cl)cc(Cl)cc2c2cc(C(F)(F)F)ccc12.Cl. The molecule has 1 atom stereocenters. The lowest BCUT2D eigenvalue weighted by atomic mass is 9.92. The molecule has 0 aliphatic heterocycles. The van der Waals surface area contributed by atoms with Gasteiger partial charge in [0.2, 0.25) is 0 Å². The summed E-state index contributed by atoms with van der Waals surface area (Å²) in [4.78, 5) is 2.36. The Hall–Kier alpha value is -1.24. The molecule has 3 aromatic carbocycles. The summed E-state index contributed by atoms with van der Waals surface area (Å²) in [5.74, 6) is 0. The van der Waals surface area contributed by atoms with Gasteiger partial charge in [-0.2, -0.15) is 13.2 Å². The van der Waals surface area contributed by atoms with Crippen LogP contribution in [-0.4, -0.2) is 29.6 Å². The predicted molar refractivity (Wildman–Crippen MR) is 140 cm³/mol. The summed E-state index contributed by atoms with van der Waals surface area (Å²) in [6.45, 7) is 6.97. The maximum Gasteiger partial charge on any atom is 0.416 e. The molecule has 0 saturated carbocycles. The van der Waals surface area contributed by atoms with E-state index in [4.69, 9.17) is 23.2 Å².